The molecule has 1 fully saturated rings. The van der Waals surface area contributed by atoms with Crippen LogP contribution in [0.3, 0.4) is 0 Å². The van der Waals surface area contributed by atoms with Crippen molar-refractivity contribution in [1.82, 2.24) is 4.98 Å². The number of carbonyl (C=O) groups excluding carboxylic acids is 1. The molecule has 7 heteroatoms. The molecule has 2 aromatic carbocycles. The van der Waals surface area contributed by atoms with Crippen LogP contribution in [0.4, 0.5) is 15.9 Å². The minimum atomic E-state index is -0.357. The number of hydrogen-bond donors (Lipinski definition) is 1. The molecule has 0 amide bonds. The van der Waals surface area contributed by atoms with Crippen LogP contribution >= 0.6 is 11.6 Å². The van der Waals surface area contributed by atoms with Crippen LogP contribution in [0.25, 0.3) is 6.08 Å². The Morgan fingerprint density at radius 2 is 2.09 bits per heavy atom. The molecule has 0 spiro atoms. The number of aromatic nitrogens is 1. The Labute approximate surface area is 191 Å². The second kappa shape index (κ2) is 9.83. The third-order valence-electron chi connectivity index (χ3n) is 5.40. The summed E-state index contributed by atoms with van der Waals surface area (Å²) in [7, 11) is 1.58. The van der Waals surface area contributed by atoms with Crippen molar-refractivity contribution >= 4 is 35.0 Å². The fourth-order valence-electron chi connectivity index (χ4n) is 3.83. The first-order valence-electron chi connectivity index (χ1n) is 10.3. The van der Waals surface area contributed by atoms with Gasteiger partial charge < -0.3 is 15.0 Å². The molecule has 2 heterocycles. The molecule has 1 aliphatic rings. The predicted molar refractivity (Wildman–Crippen MR) is 126 cm³/mol. The van der Waals surface area contributed by atoms with Crippen molar-refractivity contribution in [3.8, 4) is 0 Å². The number of hydrogen-bond acceptors (Lipinski definition) is 5. The van der Waals surface area contributed by atoms with E-state index in [1.165, 1.54) is 12.3 Å². The number of halogens is 2. The fourth-order valence-corrected chi connectivity index (χ4v) is 4.05. The van der Waals surface area contributed by atoms with Gasteiger partial charge in [0, 0.05) is 41.5 Å². The van der Waals surface area contributed by atoms with Crippen LogP contribution in [0, 0.1) is 5.82 Å². The summed E-state index contributed by atoms with van der Waals surface area (Å²) in [5.41, 5.74) is 2.92. The zero-order chi connectivity index (χ0) is 22.5. The molecule has 32 heavy (non-hydrogen) atoms. The van der Waals surface area contributed by atoms with Crippen LogP contribution in [0.2, 0.25) is 5.02 Å². The summed E-state index contributed by atoms with van der Waals surface area (Å²) < 4.78 is 18.2. The van der Waals surface area contributed by atoms with Crippen LogP contribution in [0.5, 0.6) is 0 Å². The van der Waals surface area contributed by atoms with Crippen molar-refractivity contribution < 1.29 is 13.9 Å². The fraction of sp³-hybridized carbons (Fsp3) is 0.200. The van der Waals surface area contributed by atoms with Gasteiger partial charge in [-0.1, -0.05) is 23.7 Å². The first-order valence-corrected chi connectivity index (χ1v) is 10.7. The molecule has 3 aromatic rings. The van der Waals surface area contributed by atoms with E-state index in [2.05, 4.69) is 15.2 Å². The van der Waals surface area contributed by atoms with Gasteiger partial charge in [-0.05, 0) is 55.0 Å². The first kappa shape index (κ1) is 21.8. The average Bonchev–Trinajstić information content (AvgIpc) is 3.27. The van der Waals surface area contributed by atoms with Crippen LogP contribution in [-0.2, 0) is 4.74 Å². The lowest BCUT2D eigenvalue weighted by Crippen LogP contribution is -2.26. The summed E-state index contributed by atoms with van der Waals surface area (Å²) in [6.07, 6.45) is 5.56. The topological polar surface area (TPSA) is 54.5 Å². The third kappa shape index (κ3) is 4.92. The molecule has 0 saturated carbocycles. The Bertz CT molecular complexity index is 1130. The van der Waals surface area contributed by atoms with E-state index in [-0.39, 0.29) is 17.6 Å². The lowest BCUT2D eigenvalue weighted by atomic mass is 9.99. The summed E-state index contributed by atoms with van der Waals surface area (Å²) in [6.45, 7) is 1.59. The number of carbonyl (C=O) groups is 1. The molecule has 1 aliphatic heterocycles. The number of nitrogens with one attached hydrogen (secondary N) is 1. The molecule has 0 radical (unpaired) electrons. The van der Waals surface area contributed by atoms with Gasteiger partial charge >= 0.3 is 0 Å². The zero-order valence-corrected chi connectivity index (χ0v) is 18.3. The van der Waals surface area contributed by atoms with Crippen LogP contribution in [0.1, 0.15) is 27.9 Å². The van der Waals surface area contributed by atoms with Crippen molar-refractivity contribution in [2.75, 3.05) is 30.4 Å². The monoisotopic (exact) mass is 451 g/mol. The van der Waals surface area contributed by atoms with Gasteiger partial charge in [-0.2, -0.15) is 0 Å². The zero-order valence-electron chi connectivity index (χ0n) is 17.6. The van der Waals surface area contributed by atoms with Gasteiger partial charge in [0.25, 0.3) is 0 Å². The lowest BCUT2D eigenvalue weighted by molar-refractivity contribution is 0.103. The lowest BCUT2D eigenvalue weighted by Gasteiger charge is -2.22. The number of anilines is 2. The smallest absolute Gasteiger partial charge is 0.194 e. The van der Waals surface area contributed by atoms with Crippen molar-refractivity contribution in [1.29, 1.82) is 0 Å². The SMILES string of the molecule is CO/C=C/c1cc(C(=O)c2ccccc2Cl)ccc1N1CCC(Nc2ccc(F)cn2)C1. The molecule has 1 N–H and O–H groups in total. The van der Waals surface area contributed by atoms with Gasteiger partial charge in [-0.3, -0.25) is 4.79 Å². The van der Waals surface area contributed by atoms with E-state index in [0.29, 0.717) is 22.0 Å². The molecule has 1 saturated heterocycles. The quantitative estimate of drug-likeness (QED) is 0.384. The number of benzene rings is 2. The van der Waals surface area contributed by atoms with Gasteiger partial charge in [0.2, 0.25) is 0 Å². The first-order chi connectivity index (χ1) is 15.5. The Kier molecular flexibility index (Phi) is 6.71. The molecule has 0 bridgehead atoms. The van der Waals surface area contributed by atoms with Gasteiger partial charge in [0.05, 0.1) is 24.6 Å². The number of ketones is 1. The number of rotatable bonds is 7. The minimum absolute atomic E-state index is 0.127. The summed E-state index contributed by atoms with van der Waals surface area (Å²) in [5, 5.41) is 3.79. The van der Waals surface area contributed by atoms with E-state index in [1.807, 2.05) is 24.3 Å². The highest BCUT2D eigenvalue weighted by molar-refractivity contribution is 6.35. The minimum Gasteiger partial charge on any atom is -0.504 e. The maximum absolute atomic E-state index is 13.1. The summed E-state index contributed by atoms with van der Waals surface area (Å²) in [6, 6.07) is 15.9. The highest BCUT2D eigenvalue weighted by atomic mass is 35.5. The molecule has 4 rings (SSSR count). The van der Waals surface area contributed by atoms with E-state index in [1.54, 1.807) is 43.7 Å². The number of methoxy groups -OCH3 is 1. The molecule has 5 nitrogen and oxygen atoms in total. The van der Waals surface area contributed by atoms with Crippen LogP contribution < -0.4 is 10.2 Å². The molecule has 164 valence electrons. The van der Waals surface area contributed by atoms with Gasteiger partial charge in [0.15, 0.2) is 5.78 Å². The van der Waals surface area contributed by atoms with Gasteiger partial charge in [-0.25, -0.2) is 9.37 Å². The van der Waals surface area contributed by atoms with E-state index in [0.717, 1.165) is 30.8 Å². The third-order valence-corrected chi connectivity index (χ3v) is 5.73. The highest BCUT2D eigenvalue weighted by Gasteiger charge is 2.25. The number of pyridine rings is 1. The van der Waals surface area contributed by atoms with Crippen molar-refractivity contribution in [2.45, 2.75) is 12.5 Å². The predicted octanol–water partition coefficient (Wildman–Crippen LogP) is 5.41. The molecular weight excluding hydrogens is 429 g/mol. The van der Waals surface area contributed by atoms with Crippen molar-refractivity contribution in [3.05, 3.63) is 94.6 Å². The van der Waals surface area contributed by atoms with E-state index in [4.69, 9.17) is 16.3 Å². The van der Waals surface area contributed by atoms with E-state index >= 15 is 0 Å². The highest BCUT2D eigenvalue weighted by Crippen LogP contribution is 2.29. The Morgan fingerprint density at radius 1 is 1.25 bits per heavy atom. The molecular formula is C25H23ClFN3O2. The van der Waals surface area contributed by atoms with Crippen molar-refractivity contribution in [2.24, 2.45) is 0 Å². The average molecular weight is 452 g/mol. The Morgan fingerprint density at radius 3 is 2.84 bits per heavy atom. The van der Waals surface area contributed by atoms with Crippen LogP contribution in [0.15, 0.2) is 67.1 Å². The van der Waals surface area contributed by atoms with Gasteiger partial charge in [0.1, 0.15) is 11.6 Å². The second-order valence-corrected chi connectivity index (χ2v) is 7.97. The van der Waals surface area contributed by atoms with E-state index in [9.17, 15) is 9.18 Å². The standard InChI is InChI=1S/C25H23ClFN3O2/c1-32-13-11-17-14-18(25(31)21-4-2-3-5-22(21)26)6-8-23(17)30-12-10-20(16-30)29-24-9-7-19(27)15-28-24/h2-9,11,13-15,20H,10,12,16H2,1H3,(H,28,29)/b13-11+. The Hall–Kier alpha value is -3.38. The van der Waals surface area contributed by atoms with E-state index < -0.39 is 0 Å². The summed E-state index contributed by atoms with van der Waals surface area (Å²) >= 11 is 6.22. The van der Waals surface area contributed by atoms with Gasteiger partial charge in [-0.15, -0.1) is 0 Å². The molecule has 1 unspecified atom stereocenters. The maximum atomic E-state index is 13.1. The largest absolute Gasteiger partial charge is 0.504 e. The number of nitrogens with zero attached hydrogens (tertiary/aromatic N) is 2. The molecule has 1 atom stereocenters. The van der Waals surface area contributed by atoms with Crippen LogP contribution in [-0.4, -0.2) is 37.0 Å². The second-order valence-electron chi connectivity index (χ2n) is 7.56. The molecule has 0 aliphatic carbocycles. The Balaban J connectivity index is 1.55. The maximum Gasteiger partial charge on any atom is 0.194 e. The number of ether oxygens (including phenoxy) is 1. The summed E-state index contributed by atoms with van der Waals surface area (Å²) in [5.74, 6) is 0.167. The normalized spacial score (nSPS) is 15.8. The molecule has 1 aromatic heterocycles. The summed E-state index contributed by atoms with van der Waals surface area (Å²) in [4.78, 5) is 19.3. The van der Waals surface area contributed by atoms with Crippen molar-refractivity contribution in [3.63, 3.8) is 0 Å².